The predicted octanol–water partition coefficient (Wildman–Crippen LogP) is -5.28. The van der Waals surface area contributed by atoms with Gasteiger partial charge >= 0.3 is 85.3 Å². The molecule has 42 nitrogen and oxygen atoms in total. The van der Waals surface area contributed by atoms with Crippen molar-refractivity contribution in [3.05, 3.63) is 0 Å². The number of hydrogen-bond donors (Lipinski definition) is 28. The van der Waals surface area contributed by atoms with Gasteiger partial charge in [0.1, 0.15) is 0 Å². The Labute approximate surface area is 305 Å². The van der Waals surface area contributed by atoms with Crippen LogP contribution in [0.2, 0.25) is 0 Å². The summed E-state index contributed by atoms with van der Waals surface area (Å²) in [5.41, 5.74) is 56.4. The molecular weight excluding hydrogens is 812 g/mol. The van der Waals surface area contributed by atoms with E-state index in [-0.39, 0.29) is 0 Å². The molecule has 0 atom stereocenters. The summed E-state index contributed by atoms with van der Waals surface area (Å²) in [4.78, 5) is 123. The van der Waals surface area contributed by atoms with Crippen LogP contribution in [0.5, 0.6) is 0 Å². The first kappa shape index (κ1) is 90.9. The second-order valence-corrected chi connectivity index (χ2v) is 4.74. The molecule has 0 aromatic rings. The third-order valence-electron chi connectivity index (χ3n) is 0. The Morgan fingerprint density at radius 2 is 0.143 bits per heavy atom. The third kappa shape index (κ3) is 767. The van der Waals surface area contributed by atoms with Crippen molar-refractivity contribution in [1.82, 2.24) is 0 Å². The number of rotatable bonds is 0. The highest BCUT2D eigenvalue weighted by molar-refractivity contribution is 5.64. The molecule has 0 rings (SSSR count). The van der Waals surface area contributed by atoms with Gasteiger partial charge in [-0.15, -0.1) is 0 Å². The minimum atomic E-state index is -1.33. The quantitative estimate of drug-likeness (QED) is 0.108. The van der Waals surface area contributed by atoms with Crippen molar-refractivity contribution in [1.29, 1.82) is 0 Å². The Balaban J connectivity index is -0.0000000283. The molecule has 42 N–H and O–H groups in total. The highest BCUT2D eigenvalue weighted by Gasteiger charge is 1.69. The molecule has 56 heavy (non-hydrogen) atoms. The molecule has 0 radical (unpaired) electrons. The summed E-state index contributed by atoms with van der Waals surface area (Å²) >= 11 is 0. The lowest BCUT2D eigenvalue weighted by Crippen LogP contribution is -2.03. The predicted molar refractivity (Wildman–Crippen MR) is 171 cm³/mol. The number of amides is 14. The average molecular weight is 855 g/mol. The number of nitrogens with two attached hydrogens (primary N) is 14. The Morgan fingerprint density at radius 3 is 0.143 bits per heavy atom. The van der Waals surface area contributed by atoms with Gasteiger partial charge in [-0.2, -0.15) is 0 Å². The Hall–Kier alpha value is -10.2. The molecule has 0 bridgehead atoms. The number of carboxylic acid groups (broad SMARTS) is 14. The Morgan fingerprint density at radius 1 is 0.143 bits per heavy atom. The van der Waals surface area contributed by atoms with Crippen LogP contribution < -0.4 is 80.3 Å². The third-order valence-corrected chi connectivity index (χ3v) is 0. The topological polar surface area (TPSA) is 886 Å². The molecule has 0 aromatic heterocycles. The number of carbonyl (C=O) groups is 14. The largest absolute Gasteiger partial charge is 0.465 e. The van der Waals surface area contributed by atoms with E-state index in [0.717, 1.165) is 0 Å². The summed E-state index contributed by atoms with van der Waals surface area (Å²) in [6, 6.07) is 0. The van der Waals surface area contributed by atoms with E-state index in [4.69, 9.17) is 139 Å². The maximum absolute atomic E-state index is 8.78. The van der Waals surface area contributed by atoms with Crippen LogP contribution in [0.15, 0.2) is 0 Å². The SMILES string of the molecule is NC(=O)O.NC(=O)O.NC(=O)O.NC(=O)O.NC(=O)O.NC(=O)O.NC(=O)O.NC(=O)O.NC(=O)O.NC(=O)O.NC(=O)O.NC(=O)O.NC(=O)O.NC(=O)O. The minimum Gasteiger partial charge on any atom is -0.465 e. The Kier molecular flexibility index (Phi) is 138. The number of primary amides is 14. The first-order valence-electron chi connectivity index (χ1n) is 10.0. The van der Waals surface area contributed by atoms with Crippen LogP contribution >= 0.6 is 0 Å². The molecule has 0 spiro atoms. The lowest BCUT2D eigenvalue weighted by molar-refractivity contribution is 0.204. The van der Waals surface area contributed by atoms with Crippen molar-refractivity contribution in [2.45, 2.75) is 0 Å². The second-order valence-electron chi connectivity index (χ2n) is 4.74. The van der Waals surface area contributed by atoms with Gasteiger partial charge in [0.25, 0.3) is 0 Å². The summed E-state index contributed by atoms with van der Waals surface area (Å²) in [5.74, 6) is 0. The van der Waals surface area contributed by atoms with E-state index in [9.17, 15) is 0 Å². The van der Waals surface area contributed by atoms with Crippen molar-refractivity contribution in [2.75, 3.05) is 0 Å². The van der Waals surface area contributed by atoms with Crippen LogP contribution in [0.1, 0.15) is 0 Å². The van der Waals surface area contributed by atoms with Crippen LogP contribution in [0.4, 0.5) is 67.1 Å². The van der Waals surface area contributed by atoms with Gasteiger partial charge in [-0.25, -0.2) is 67.1 Å². The van der Waals surface area contributed by atoms with Gasteiger partial charge in [0.05, 0.1) is 0 Å². The maximum Gasteiger partial charge on any atom is 0.402 e. The van der Waals surface area contributed by atoms with Crippen molar-refractivity contribution in [2.24, 2.45) is 80.3 Å². The lowest BCUT2D eigenvalue weighted by atomic mass is 11.3. The molecule has 0 saturated carbocycles. The zero-order chi connectivity index (χ0) is 50.1. The van der Waals surface area contributed by atoms with Crippen LogP contribution in [-0.4, -0.2) is 157 Å². The molecule has 0 aliphatic heterocycles. The van der Waals surface area contributed by atoms with Crippen LogP contribution in [0.3, 0.4) is 0 Å². The lowest BCUT2D eigenvalue weighted by Gasteiger charge is -1.61. The highest BCUT2D eigenvalue weighted by atomic mass is 16.4. The molecule has 0 saturated heterocycles. The number of hydrogen-bond acceptors (Lipinski definition) is 14. The molecule has 42 heteroatoms. The van der Waals surface area contributed by atoms with Crippen molar-refractivity contribution in [3.8, 4) is 0 Å². The Bertz CT molecular complexity index is 726. The van der Waals surface area contributed by atoms with Crippen LogP contribution in [-0.2, 0) is 0 Å². The van der Waals surface area contributed by atoms with Gasteiger partial charge in [-0.1, -0.05) is 0 Å². The summed E-state index contributed by atoms with van der Waals surface area (Å²) in [7, 11) is 0. The van der Waals surface area contributed by atoms with E-state index in [1.807, 2.05) is 0 Å². The van der Waals surface area contributed by atoms with Gasteiger partial charge in [0.15, 0.2) is 0 Å². The summed E-state index contributed by atoms with van der Waals surface area (Å²) < 4.78 is 0. The van der Waals surface area contributed by atoms with Gasteiger partial charge in [0.2, 0.25) is 0 Å². The zero-order valence-corrected chi connectivity index (χ0v) is 27.1. The molecular formula is C14H42N14O28. The second kappa shape index (κ2) is 85.0. The summed E-state index contributed by atoms with van der Waals surface area (Å²) in [6.07, 6.45) is -18.7. The van der Waals surface area contributed by atoms with Crippen LogP contribution in [0.25, 0.3) is 0 Å². The van der Waals surface area contributed by atoms with Gasteiger partial charge in [-0.05, 0) is 0 Å². The highest BCUT2D eigenvalue weighted by Crippen LogP contribution is 1.39. The fraction of sp³-hybridized carbons (Fsp3) is 0. The van der Waals surface area contributed by atoms with Gasteiger partial charge in [0, 0.05) is 0 Å². The zero-order valence-electron chi connectivity index (χ0n) is 27.1. The fourth-order valence-corrected chi connectivity index (χ4v) is 0. The average Bonchev–Trinajstić information content (AvgIpc) is 2.73. The van der Waals surface area contributed by atoms with E-state index < -0.39 is 85.3 Å². The molecule has 0 heterocycles. The first-order chi connectivity index (χ1) is 24.2. The van der Waals surface area contributed by atoms with E-state index in [1.165, 1.54) is 0 Å². The molecule has 0 unspecified atom stereocenters. The minimum absolute atomic E-state index is 1.33. The van der Waals surface area contributed by atoms with Crippen molar-refractivity contribution < 1.29 is 139 Å². The molecule has 0 aliphatic carbocycles. The maximum atomic E-state index is 8.78. The first-order valence-corrected chi connectivity index (χ1v) is 10.0. The van der Waals surface area contributed by atoms with E-state index in [2.05, 4.69) is 80.3 Å². The fourth-order valence-electron chi connectivity index (χ4n) is 0. The molecule has 0 aromatic carbocycles. The van der Waals surface area contributed by atoms with Gasteiger partial charge in [-0.3, -0.25) is 0 Å². The van der Waals surface area contributed by atoms with Crippen LogP contribution in [0, 0.1) is 0 Å². The molecule has 336 valence electrons. The molecule has 14 amide bonds. The van der Waals surface area contributed by atoms with Gasteiger partial charge < -0.3 is 152 Å². The monoisotopic (exact) mass is 854 g/mol. The standard InChI is InChI=1S/14CH3NO2/c14*2-1(3)4/h14*2H2,(H,3,4). The summed E-state index contributed by atoms with van der Waals surface area (Å²) in [6.45, 7) is 0. The van der Waals surface area contributed by atoms with E-state index in [1.54, 1.807) is 0 Å². The van der Waals surface area contributed by atoms with E-state index >= 15 is 0 Å². The van der Waals surface area contributed by atoms with Crippen molar-refractivity contribution >= 4 is 85.3 Å². The molecule has 0 fully saturated rings. The van der Waals surface area contributed by atoms with E-state index in [0.29, 0.717) is 0 Å². The normalized spacial score (nSPS) is 6.00. The van der Waals surface area contributed by atoms with Crippen molar-refractivity contribution in [3.63, 3.8) is 0 Å². The smallest absolute Gasteiger partial charge is 0.402 e. The molecule has 0 aliphatic rings. The summed E-state index contributed by atoms with van der Waals surface area (Å²) in [5, 5.41) is 101.